The number of rotatable bonds is 5. The Kier molecular flexibility index (Phi) is 4.91. The van der Waals surface area contributed by atoms with Gasteiger partial charge >= 0.3 is 0 Å². The summed E-state index contributed by atoms with van der Waals surface area (Å²) in [4.78, 5) is 18.9. The quantitative estimate of drug-likeness (QED) is 0.828. The first-order valence-corrected chi connectivity index (χ1v) is 8.28. The van der Waals surface area contributed by atoms with Crippen LogP contribution in [-0.2, 0) is 0 Å². The van der Waals surface area contributed by atoms with Crippen LogP contribution in [0.25, 0.3) is 0 Å². The van der Waals surface area contributed by atoms with Crippen LogP contribution in [0.3, 0.4) is 0 Å². The number of carbonyl (C=O) groups excluding carboxylic acids is 1. The standard InChI is InChI=1S/C19H22N2O2/c1-2-21(16-8-6-7-9-16)19(22)15-12-13-18(20-14-15)23-17-10-4-3-5-11-17/h3-5,10-14,16H,2,6-9H2,1H3. The third-order valence-corrected chi connectivity index (χ3v) is 4.32. The molecule has 4 nitrogen and oxygen atoms in total. The zero-order chi connectivity index (χ0) is 16.1. The van der Waals surface area contributed by atoms with E-state index in [0.29, 0.717) is 17.5 Å². The minimum Gasteiger partial charge on any atom is -0.439 e. The molecule has 0 aliphatic heterocycles. The van der Waals surface area contributed by atoms with Crippen LogP contribution in [0, 0.1) is 0 Å². The van der Waals surface area contributed by atoms with E-state index in [-0.39, 0.29) is 5.91 Å². The van der Waals surface area contributed by atoms with Crippen molar-refractivity contribution in [1.29, 1.82) is 0 Å². The van der Waals surface area contributed by atoms with Gasteiger partial charge in [0.15, 0.2) is 0 Å². The topological polar surface area (TPSA) is 42.4 Å². The van der Waals surface area contributed by atoms with Crippen LogP contribution in [0.5, 0.6) is 11.6 Å². The molecule has 0 atom stereocenters. The van der Waals surface area contributed by atoms with Crippen molar-refractivity contribution < 1.29 is 9.53 Å². The molecule has 0 spiro atoms. The van der Waals surface area contributed by atoms with E-state index in [4.69, 9.17) is 4.74 Å². The second kappa shape index (κ2) is 7.27. The van der Waals surface area contributed by atoms with Gasteiger partial charge in [-0.15, -0.1) is 0 Å². The van der Waals surface area contributed by atoms with Crippen molar-refractivity contribution in [3.8, 4) is 11.6 Å². The van der Waals surface area contributed by atoms with Crippen LogP contribution in [-0.4, -0.2) is 28.4 Å². The van der Waals surface area contributed by atoms with E-state index >= 15 is 0 Å². The number of hydrogen-bond acceptors (Lipinski definition) is 3. The monoisotopic (exact) mass is 310 g/mol. The van der Waals surface area contributed by atoms with Gasteiger partial charge in [-0.2, -0.15) is 0 Å². The number of benzene rings is 1. The van der Waals surface area contributed by atoms with Crippen molar-refractivity contribution in [3.63, 3.8) is 0 Å². The third-order valence-electron chi connectivity index (χ3n) is 4.32. The molecule has 1 amide bonds. The molecule has 1 aromatic carbocycles. The van der Waals surface area contributed by atoms with Crippen LogP contribution in [0.1, 0.15) is 43.0 Å². The molecule has 3 rings (SSSR count). The summed E-state index contributed by atoms with van der Waals surface area (Å²) in [6, 6.07) is 13.4. The van der Waals surface area contributed by atoms with E-state index in [9.17, 15) is 4.79 Å². The lowest BCUT2D eigenvalue weighted by Crippen LogP contribution is -2.38. The van der Waals surface area contributed by atoms with Crippen molar-refractivity contribution >= 4 is 5.91 Å². The fourth-order valence-electron chi connectivity index (χ4n) is 3.13. The Bertz CT molecular complexity index is 634. The van der Waals surface area contributed by atoms with Crippen molar-refractivity contribution in [3.05, 3.63) is 54.2 Å². The minimum absolute atomic E-state index is 0.0677. The van der Waals surface area contributed by atoms with Gasteiger partial charge in [0.1, 0.15) is 5.75 Å². The highest BCUT2D eigenvalue weighted by Crippen LogP contribution is 2.25. The summed E-state index contributed by atoms with van der Waals surface area (Å²) in [7, 11) is 0. The molecule has 1 aromatic heterocycles. The summed E-state index contributed by atoms with van der Waals surface area (Å²) in [6.07, 6.45) is 6.27. The van der Waals surface area contributed by atoms with Gasteiger partial charge in [0, 0.05) is 24.8 Å². The Morgan fingerprint density at radius 1 is 1.17 bits per heavy atom. The van der Waals surface area contributed by atoms with Gasteiger partial charge in [-0.25, -0.2) is 4.98 Å². The zero-order valence-corrected chi connectivity index (χ0v) is 13.4. The maximum atomic E-state index is 12.7. The first kappa shape index (κ1) is 15.5. The maximum absolute atomic E-state index is 12.7. The molecule has 0 bridgehead atoms. The molecule has 120 valence electrons. The number of pyridine rings is 1. The molecule has 1 aliphatic rings. The molecule has 0 radical (unpaired) electrons. The predicted molar refractivity (Wildman–Crippen MR) is 89.7 cm³/mol. The van der Waals surface area contributed by atoms with E-state index in [2.05, 4.69) is 4.98 Å². The molecule has 1 saturated carbocycles. The van der Waals surface area contributed by atoms with Crippen LogP contribution < -0.4 is 4.74 Å². The van der Waals surface area contributed by atoms with Gasteiger partial charge in [-0.3, -0.25) is 4.79 Å². The normalized spacial score (nSPS) is 14.7. The van der Waals surface area contributed by atoms with Gasteiger partial charge in [0.2, 0.25) is 5.88 Å². The molecule has 4 heteroatoms. The van der Waals surface area contributed by atoms with E-state index in [1.807, 2.05) is 42.2 Å². The van der Waals surface area contributed by atoms with Crippen LogP contribution in [0.15, 0.2) is 48.7 Å². The summed E-state index contributed by atoms with van der Waals surface area (Å²) in [5, 5.41) is 0. The van der Waals surface area contributed by atoms with E-state index in [1.54, 1.807) is 18.3 Å². The first-order valence-electron chi connectivity index (χ1n) is 8.28. The molecule has 0 saturated heterocycles. The van der Waals surface area contributed by atoms with Crippen molar-refractivity contribution in [1.82, 2.24) is 9.88 Å². The molecule has 1 heterocycles. The molecule has 0 N–H and O–H groups in total. The van der Waals surface area contributed by atoms with E-state index in [0.717, 1.165) is 25.1 Å². The maximum Gasteiger partial charge on any atom is 0.255 e. The predicted octanol–water partition coefficient (Wildman–Crippen LogP) is 4.28. The van der Waals surface area contributed by atoms with Crippen molar-refractivity contribution in [2.24, 2.45) is 0 Å². The fourth-order valence-corrected chi connectivity index (χ4v) is 3.13. The van der Waals surface area contributed by atoms with Gasteiger partial charge in [0.05, 0.1) is 5.56 Å². The van der Waals surface area contributed by atoms with E-state index in [1.165, 1.54) is 12.8 Å². The SMILES string of the molecule is CCN(C(=O)c1ccc(Oc2ccccc2)nc1)C1CCCC1. The van der Waals surface area contributed by atoms with E-state index < -0.39 is 0 Å². The summed E-state index contributed by atoms with van der Waals surface area (Å²) >= 11 is 0. The summed E-state index contributed by atoms with van der Waals surface area (Å²) in [5.41, 5.74) is 0.624. The molecule has 0 unspecified atom stereocenters. The molecule has 2 aromatic rings. The smallest absolute Gasteiger partial charge is 0.255 e. The van der Waals surface area contributed by atoms with Crippen LogP contribution in [0.4, 0.5) is 0 Å². The van der Waals surface area contributed by atoms with Crippen molar-refractivity contribution in [2.75, 3.05) is 6.54 Å². The largest absolute Gasteiger partial charge is 0.439 e. The fraction of sp³-hybridized carbons (Fsp3) is 0.368. The summed E-state index contributed by atoms with van der Waals surface area (Å²) < 4.78 is 5.66. The molecular formula is C19H22N2O2. The Hall–Kier alpha value is -2.36. The van der Waals surface area contributed by atoms with Gasteiger partial charge < -0.3 is 9.64 Å². The molecule has 23 heavy (non-hydrogen) atoms. The average Bonchev–Trinajstić information content (AvgIpc) is 3.11. The first-order chi connectivity index (χ1) is 11.3. The second-order valence-corrected chi connectivity index (χ2v) is 5.83. The average molecular weight is 310 g/mol. The number of carbonyl (C=O) groups is 1. The molecule has 1 fully saturated rings. The number of hydrogen-bond donors (Lipinski definition) is 0. The molecular weight excluding hydrogens is 288 g/mol. The lowest BCUT2D eigenvalue weighted by molar-refractivity contribution is 0.0693. The highest BCUT2D eigenvalue weighted by molar-refractivity contribution is 5.94. The number of para-hydroxylation sites is 1. The lowest BCUT2D eigenvalue weighted by Gasteiger charge is -2.27. The van der Waals surface area contributed by atoms with Crippen LogP contribution >= 0.6 is 0 Å². The summed E-state index contributed by atoms with van der Waals surface area (Å²) in [6.45, 7) is 2.78. The Balaban J connectivity index is 1.69. The highest BCUT2D eigenvalue weighted by Gasteiger charge is 2.26. The van der Waals surface area contributed by atoms with Gasteiger partial charge in [0.25, 0.3) is 5.91 Å². The Morgan fingerprint density at radius 2 is 1.91 bits per heavy atom. The van der Waals surface area contributed by atoms with Gasteiger partial charge in [-0.1, -0.05) is 31.0 Å². The molecule has 1 aliphatic carbocycles. The Morgan fingerprint density at radius 3 is 2.52 bits per heavy atom. The summed E-state index contributed by atoms with van der Waals surface area (Å²) in [5.74, 6) is 1.30. The second-order valence-electron chi connectivity index (χ2n) is 5.83. The minimum atomic E-state index is 0.0677. The lowest BCUT2D eigenvalue weighted by atomic mass is 10.1. The highest BCUT2D eigenvalue weighted by atomic mass is 16.5. The number of amides is 1. The Labute approximate surface area is 137 Å². The van der Waals surface area contributed by atoms with Crippen molar-refractivity contribution in [2.45, 2.75) is 38.6 Å². The third kappa shape index (κ3) is 3.70. The number of ether oxygens (including phenoxy) is 1. The van der Waals surface area contributed by atoms with Gasteiger partial charge in [-0.05, 0) is 38.0 Å². The zero-order valence-electron chi connectivity index (χ0n) is 13.4. The van der Waals surface area contributed by atoms with Crippen LogP contribution in [0.2, 0.25) is 0 Å². The number of aromatic nitrogens is 1. The number of nitrogens with zero attached hydrogens (tertiary/aromatic N) is 2.